The smallest absolute Gasteiger partial charge is 0.305 e. The van der Waals surface area contributed by atoms with Crippen LogP contribution in [0.3, 0.4) is 0 Å². The first-order valence-electron chi connectivity index (χ1n) is 29.4. The van der Waals surface area contributed by atoms with Gasteiger partial charge in [-0.3, -0.25) is 9.59 Å². The normalized spacial score (nSPS) is 13.0. The van der Waals surface area contributed by atoms with Gasteiger partial charge in [0.15, 0.2) is 0 Å². The Morgan fingerprint density at radius 2 is 0.746 bits per heavy atom. The molecule has 392 valence electrons. The van der Waals surface area contributed by atoms with E-state index in [1.807, 2.05) is 6.08 Å². The first kappa shape index (κ1) is 64.8. The predicted molar refractivity (Wildman–Crippen MR) is 292 cm³/mol. The van der Waals surface area contributed by atoms with Gasteiger partial charge in [-0.25, -0.2) is 0 Å². The Labute approximate surface area is 416 Å². The number of carbonyl (C=O) groups excluding carboxylic acids is 2. The highest BCUT2D eigenvalue weighted by atomic mass is 16.5. The predicted octanol–water partition coefficient (Wildman–Crippen LogP) is 18.2. The summed E-state index contributed by atoms with van der Waals surface area (Å²) in [5, 5.41) is 23.0. The topological polar surface area (TPSA) is 95.9 Å². The zero-order chi connectivity index (χ0) is 48.6. The first-order chi connectivity index (χ1) is 33.0. The lowest BCUT2D eigenvalue weighted by Crippen LogP contribution is -2.45. The van der Waals surface area contributed by atoms with Crippen LogP contribution >= 0.6 is 0 Å². The van der Waals surface area contributed by atoms with Gasteiger partial charge in [-0.15, -0.1) is 0 Å². The minimum absolute atomic E-state index is 0.0000123. The van der Waals surface area contributed by atoms with Gasteiger partial charge in [0.2, 0.25) is 5.91 Å². The van der Waals surface area contributed by atoms with Crippen molar-refractivity contribution in [2.24, 2.45) is 0 Å². The van der Waals surface area contributed by atoms with E-state index >= 15 is 0 Å². The Balaban J connectivity index is 3.44. The van der Waals surface area contributed by atoms with Crippen LogP contribution in [-0.2, 0) is 14.3 Å². The van der Waals surface area contributed by atoms with Crippen LogP contribution in [-0.4, -0.2) is 47.4 Å². The highest BCUT2D eigenvalue weighted by Gasteiger charge is 2.18. The molecule has 3 N–H and O–H groups in total. The summed E-state index contributed by atoms with van der Waals surface area (Å²) in [7, 11) is 0. The van der Waals surface area contributed by atoms with E-state index in [1.165, 1.54) is 225 Å². The maximum atomic E-state index is 12.4. The summed E-state index contributed by atoms with van der Waals surface area (Å²) in [5.74, 6) is -0.0767. The number of hydrogen-bond acceptors (Lipinski definition) is 5. The van der Waals surface area contributed by atoms with E-state index in [0.29, 0.717) is 19.4 Å². The number of unbranched alkanes of at least 4 members (excludes halogenated alkanes) is 37. The summed E-state index contributed by atoms with van der Waals surface area (Å²) in [6.45, 7) is 4.87. The van der Waals surface area contributed by atoms with Crippen molar-refractivity contribution in [3.8, 4) is 0 Å². The van der Waals surface area contributed by atoms with Gasteiger partial charge in [0.25, 0.3) is 0 Å². The molecule has 0 aromatic heterocycles. The second-order valence-corrected chi connectivity index (χ2v) is 20.0. The number of amides is 1. The standard InChI is InChI=1S/C61H113NO5/c1-3-5-7-9-11-13-15-16-28-32-35-39-43-47-51-55-61(66)67-56-52-48-44-40-36-33-30-27-25-23-21-19-17-18-20-22-24-26-29-31-34-38-42-46-50-54-60(65)62-58(57-63)59(64)53-49-45-41-37-14-12-10-8-6-4-2/h16,18-21,28,49,53,58-59,63-64H,3-15,17,22-27,29-48,50-52,54-57H2,1-2H3,(H,62,65)/b20-18-,21-19-,28-16-,53-49+. The quantitative estimate of drug-likeness (QED) is 0.0321. The number of nitrogens with one attached hydrogen (secondary N) is 1. The Kier molecular flexibility index (Phi) is 54.6. The molecule has 0 saturated carbocycles. The number of ether oxygens (including phenoxy) is 1. The maximum absolute atomic E-state index is 12.4. The van der Waals surface area contributed by atoms with Crippen LogP contribution in [0.4, 0.5) is 0 Å². The number of hydrogen-bond donors (Lipinski definition) is 3. The van der Waals surface area contributed by atoms with Gasteiger partial charge < -0.3 is 20.3 Å². The van der Waals surface area contributed by atoms with E-state index in [9.17, 15) is 19.8 Å². The molecular weight excluding hydrogens is 827 g/mol. The molecule has 1 amide bonds. The highest BCUT2D eigenvalue weighted by molar-refractivity contribution is 5.76. The monoisotopic (exact) mass is 940 g/mol. The van der Waals surface area contributed by atoms with Gasteiger partial charge in [0.1, 0.15) is 0 Å². The summed E-state index contributed by atoms with van der Waals surface area (Å²) in [4.78, 5) is 24.4. The van der Waals surface area contributed by atoms with E-state index < -0.39 is 12.1 Å². The van der Waals surface area contributed by atoms with Crippen LogP contribution in [0.25, 0.3) is 0 Å². The molecule has 0 aromatic carbocycles. The molecule has 0 spiro atoms. The number of aliphatic hydroxyl groups excluding tert-OH is 2. The fourth-order valence-electron chi connectivity index (χ4n) is 8.78. The molecule has 0 fully saturated rings. The molecule has 0 rings (SSSR count). The summed E-state index contributed by atoms with van der Waals surface area (Å²) in [6, 6.07) is -0.631. The molecule has 0 aromatic rings. The molecule has 0 saturated heterocycles. The molecule has 2 unspecified atom stereocenters. The SMILES string of the molecule is CCCCCCCC/C=C\CCCCCCCC(=O)OCCCCCCCCCCC/C=C\C/C=C\CCCCCCCCCCCC(=O)NC(CO)C(O)/C=C/CCCCCCCCCC. The van der Waals surface area contributed by atoms with Crippen molar-refractivity contribution < 1.29 is 24.5 Å². The minimum Gasteiger partial charge on any atom is -0.466 e. The lowest BCUT2D eigenvalue weighted by molar-refractivity contribution is -0.143. The number of carbonyl (C=O) groups is 2. The number of allylic oxidation sites excluding steroid dienone is 7. The molecule has 2 atom stereocenters. The zero-order valence-corrected chi connectivity index (χ0v) is 44.6. The average Bonchev–Trinajstić information content (AvgIpc) is 3.33. The summed E-state index contributed by atoms with van der Waals surface area (Å²) in [6.07, 6.45) is 71.5. The number of rotatable bonds is 54. The third-order valence-electron chi connectivity index (χ3n) is 13.3. The van der Waals surface area contributed by atoms with Gasteiger partial charge in [0.05, 0.1) is 25.4 Å². The molecule has 0 aliphatic carbocycles. The Hall–Kier alpha value is -2.18. The molecule has 0 radical (unpaired) electrons. The van der Waals surface area contributed by atoms with Crippen LogP contribution in [0, 0.1) is 0 Å². The van der Waals surface area contributed by atoms with E-state index in [1.54, 1.807) is 6.08 Å². The molecule has 0 aliphatic heterocycles. The summed E-state index contributed by atoms with van der Waals surface area (Å²) in [5.41, 5.74) is 0. The third-order valence-corrected chi connectivity index (χ3v) is 13.3. The second kappa shape index (κ2) is 56.4. The number of aliphatic hydroxyl groups is 2. The molecule has 6 nitrogen and oxygen atoms in total. The Morgan fingerprint density at radius 1 is 0.418 bits per heavy atom. The summed E-state index contributed by atoms with van der Waals surface area (Å²) >= 11 is 0. The van der Waals surface area contributed by atoms with Crippen LogP contribution in [0.2, 0.25) is 0 Å². The van der Waals surface area contributed by atoms with Gasteiger partial charge in [-0.1, -0.05) is 249 Å². The number of esters is 1. The van der Waals surface area contributed by atoms with Gasteiger partial charge >= 0.3 is 5.97 Å². The van der Waals surface area contributed by atoms with E-state index in [0.717, 1.165) is 51.4 Å². The lowest BCUT2D eigenvalue weighted by atomic mass is 10.0. The maximum Gasteiger partial charge on any atom is 0.305 e. The van der Waals surface area contributed by atoms with E-state index in [4.69, 9.17) is 4.74 Å². The van der Waals surface area contributed by atoms with Gasteiger partial charge in [0, 0.05) is 12.8 Å². The fraction of sp³-hybridized carbons (Fsp3) is 0.836. The molecule has 0 heterocycles. The second-order valence-electron chi connectivity index (χ2n) is 20.0. The molecule has 0 bridgehead atoms. The van der Waals surface area contributed by atoms with Crippen molar-refractivity contribution in [1.29, 1.82) is 0 Å². The van der Waals surface area contributed by atoms with Crippen molar-refractivity contribution >= 4 is 11.9 Å². The van der Waals surface area contributed by atoms with E-state index in [-0.39, 0.29) is 18.5 Å². The fourth-order valence-corrected chi connectivity index (χ4v) is 8.78. The van der Waals surface area contributed by atoms with Crippen molar-refractivity contribution in [1.82, 2.24) is 5.32 Å². The largest absolute Gasteiger partial charge is 0.466 e. The summed E-state index contributed by atoms with van der Waals surface area (Å²) < 4.78 is 5.47. The Morgan fingerprint density at radius 3 is 1.15 bits per heavy atom. The van der Waals surface area contributed by atoms with Crippen LogP contribution in [0.1, 0.15) is 303 Å². The van der Waals surface area contributed by atoms with Crippen molar-refractivity contribution in [2.75, 3.05) is 13.2 Å². The molecular formula is C61H113NO5. The van der Waals surface area contributed by atoms with Crippen molar-refractivity contribution in [2.45, 2.75) is 315 Å². The van der Waals surface area contributed by atoms with Crippen LogP contribution < -0.4 is 5.32 Å². The van der Waals surface area contributed by atoms with Crippen molar-refractivity contribution in [3.05, 3.63) is 48.6 Å². The van der Waals surface area contributed by atoms with Gasteiger partial charge in [-0.05, 0) is 89.9 Å². The van der Waals surface area contributed by atoms with Gasteiger partial charge in [-0.2, -0.15) is 0 Å². The first-order valence-corrected chi connectivity index (χ1v) is 29.4. The average molecular weight is 941 g/mol. The van der Waals surface area contributed by atoms with E-state index in [2.05, 4.69) is 55.6 Å². The van der Waals surface area contributed by atoms with Crippen LogP contribution in [0.15, 0.2) is 48.6 Å². The zero-order valence-electron chi connectivity index (χ0n) is 44.6. The molecule has 0 aliphatic rings. The molecule has 67 heavy (non-hydrogen) atoms. The van der Waals surface area contributed by atoms with Crippen LogP contribution in [0.5, 0.6) is 0 Å². The highest BCUT2D eigenvalue weighted by Crippen LogP contribution is 2.15. The Bertz CT molecular complexity index is 1130. The van der Waals surface area contributed by atoms with Crippen molar-refractivity contribution in [3.63, 3.8) is 0 Å². The lowest BCUT2D eigenvalue weighted by Gasteiger charge is -2.20. The molecule has 6 heteroatoms. The third kappa shape index (κ3) is 53.0. The minimum atomic E-state index is -0.847.